The minimum atomic E-state index is -0.630. The molecule has 2 aromatic rings. The van der Waals surface area contributed by atoms with Gasteiger partial charge in [-0.2, -0.15) is 0 Å². The van der Waals surface area contributed by atoms with Crippen LogP contribution in [0.1, 0.15) is 35.1 Å². The van der Waals surface area contributed by atoms with Crippen LogP contribution in [0.3, 0.4) is 0 Å². The number of ether oxygens (including phenoxy) is 2. The number of amides is 2. The first-order chi connectivity index (χ1) is 12.0. The molecule has 0 aliphatic carbocycles. The van der Waals surface area contributed by atoms with Crippen molar-refractivity contribution in [3.8, 4) is 11.5 Å². The average Bonchev–Trinajstić information content (AvgIpc) is 3.16. The Kier molecular flexibility index (Phi) is 5.23. The highest BCUT2D eigenvalue weighted by Crippen LogP contribution is 2.32. The summed E-state index contributed by atoms with van der Waals surface area (Å²) < 4.78 is 11.1. The summed E-state index contributed by atoms with van der Waals surface area (Å²) in [5, 5.41) is 7.43. The minimum Gasteiger partial charge on any atom is -0.486 e. The molecule has 25 heavy (non-hydrogen) atoms. The van der Waals surface area contributed by atoms with Crippen LogP contribution in [0.4, 0.5) is 0 Å². The quantitative estimate of drug-likeness (QED) is 0.859. The normalized spacial score (nSPS) is 15.1. The fourth-order valence-electron chi connectivity index (χ4n) is 2.49. The number of fused-ring (bicyclic) bond motifs is 1. The average molecular weight is 360 g/mol. The lowest BCUT2D eigenvalue weighted by molar-refractivity contribution is -0.123. The Hall–Kier alpha value is -2.54. The highest BCUT2D eigenvalue weighted by molar-refractivity contribution is 7.12. The van der Waals surface area contributed by atoms with Gasteiger partial charge in [-0.3, -0.25) is 9.59 Å². The summed E-state index contributed by atoms with van der Waals surface area (Å²) >= 11 is 1.34. The molecule has 2 atom stereocenters. The molecule has 2 heterocycles. The molecule has 2 amide bonds. The third kappa shape index (κ3) is 4.11. The Balaban J connectivity index is 1.59. The van der Waals surface area contributed by atoms with E-state index < -0.39 is 6.04 Å². The number of carbonyl (C=O) groups excluding carboxylic acids is 2. The van der Waals surface area contributed by atoms with Crippen LogP contribution in [0.25, 0.3) is 0 Å². The topological polar surface area (TPSA) is 76.7 Å². The second-order valence-corrected chi connectivity index (χ2v) is 6.75. The molecule has 1 aliphatic rings. The predicted octanol–water partition coefficient (Wildman–Crippen LogP) is 2.52. The summed E-state index contributed by atoms with van der Waals surface area (Å²) in [7, 11) is 0. The van der Waals surface area contributed by atoms with Crippen molar-refractivity contribution in [1.82, 2.24) is 10.6 Å². The minimum absolute atomic E-state index is 0.218. The van der Waals surface area contributed by atoms with Gasteiger partial charge in [-0.05, 0) is 43.0 Å². The molecule has 6 nitrogen and oxygen atoms in total. The maximum absolute atomic E-state index is 12.3. The van der Waals surface area contributed by atoms with Crippen LogP contribution >= 0.6 is 11.3 Å². The van der Waals surface area contributed by atoms with Gasteiger partial charge in [0.25, 0.3) is 5.91 Å². The Morgan fingerprint density at radius 3 is 2.56 bits per heavy atom. The zero-order valence-corrected chi connectivity index (χ0v) is 14.9. The van der Waals surface area contributed by atoms with E-state index in [9.17, 15) is 9.59 Å². The lowest BCUT2D eigenvalue weighted by Gasteiger charge is -2.22. The summed E-state index contributed by atoms with van der Waals surface area (Å²) in [5.74, 6) is 0.908. The molecule has 0 bridgehead atoms. The number of hydrogen-bond acceptors (Lipinski definition) is 5. The van der Waals surface area contributed by atoms with E-state index in [4.69, 9.17) is 9.47 Å². The number of thiophene rings is 1. The van der Waals surface area contributed by atoms with Crippen LogP contribution < -0.4 is 20.1 Å². The van der Waals surface area contributed by atoms with E-state index in [0.29, 0.717) is 29.6 Å². The molecule has 0 unspecified atom stereocenters. The summed E-state index contributed by atoms with van der Waals surface area (Å²) in [6, 6.07) is 8.28. The third-order valence-electron chi connectivity index (χ3n) is 3.91. The molecular weight excluding hydrogens is 340 g/mol. The SMILES string of the molecule is C[C@@H](NC(=O)c1cccs1)C(=O)N[C@H](C)c1ccc2c(c1)OCCO2. The lowest BCUT2D eigenvalue weighted by Crippen LogP contribution is -2.45. The molecule has 1 aliphatic heterocycles. The van der Waals surface area contributed by atoms with E-state index in [1.54, 1.807) is 19.1 Å². The van der Waals surface area contributed by atoms with Crippen molar-refractivity contribution in [2.45, 2.75) is 25.9 Å². The van der Waals surface area contributed by atoms with E-state index in [1.807, 2.05) is 30.5 Å². The zero-order valence-electron chi connectivity index (χ0n) is 14.1. The number of carbonyl (C=O) groups is 2. The number of nitrogens with one attached hydrogen (secondary N) is 2. The summed E-state index contributed by atoms with van der Waals surface area (Å²) in [6.07, 6.45) is 0. The van der Waals surface area contributed by atoms with Gasteiger partial charge in [0.05, 0.1) is 10.9 Å². The van der Waals surface area contributed by atoms with Gasteiger partial charge in [0, 0.05) is 0 Å². The first-order valence-electron chi connectivity index (χ1n) is 8.09. The highest BCUT2D eigenvalue weighted by atomic mass is 32.1. The van der Waals surface area contributed by atoms with E-state index >= 15 is 0 Å². The largest absolute Gasteiger partial charge is 0.486 e. The monoisotopic (exact) mass is 360 g/mol. The zero-order chi connectivity index (χ0) is 17.8. The molecule has 0 spiro atoms. The maximum Gasteiger partial charge on any atom is 0.261 e. The second-order valence-electron chi connectivity index (χ2n) is 5.81. The van der Waals surface area contributed by atoms with Gasteiger partial charge < -0.3 is 20.1 Å². The Labute approximate surface area is 150 Å². The Bertz CT molecular complexity index is 760. The second kappa shape index (κ2) is 7.57. The van der Waals surface area contributed by atoms with Crippen molar-refractivity contribution in [3.05, 3.63) is 46.2 Å². The molecular formula is C18H20N2O4S. The van der Waals surface area contributed by atoms with Crippen molar-refractivity contribution >= 4 is 23.2 Å². The van der Waals surface area contributed by atoms with Gasteiger partial charge >= 0.3 is 0 Å². The Morgan fingerprint density at radius 1 is 1.08 bits per heavy atom. The molecule has 0 radical (unpaired) electrons. The number of rotatable bonds is 5. The van der Waals surface area contributed by atoms with Gasteiger partial charge in [-0.15, -0.1) is 11.3 Å². The van der Waals surface area contributed by atoms with Crippen molar-refractivity contribution in [2.75, 3.05) is 13.2 Å². The molecule has 0 saturated carbocycles. The van der Waals surface area contributed by atoms with Crippen molar-refractivity contribution in [2.24, 2.45) is 0 Å². The highest BCUT2D eigenvalue weighted by Gasteiger charge is 2.20. The fraction of sp³-hybridized carbons (Fsp3) is 0.333. The van der Waals surface area contributed by atoms with Gasteiger partial charge in [0.15, 0.2) is 11.5 Å². The van der Waals surface area contributed by atoms with Gasteiger partial charge in [0.2, 0.25) is 5.91 Å². The predicted molar refractivity (Wildman–Crippen MR) is 95.2 cm³/mol. The fourth-order valence-corrected chi connectivity index (χ4v) is 3.12. The molecule has 0 fully saturated rings. The van der Waals surface area contributed by atoms with E-state index in [2.05, 4.69) is 10.6 Å². The van der Waals surface area contributed by atoms with Crippen LogP contribution in [-0.2, 0) is 4.79 Å². The van der Waals surface area contributed by atoms with E-state index in [1.165, 1.54) is 11.3 Å². The summed E-state index contributed by atoms with van der Waals surface area (Å²) in [6.45, 7) is 4.61. The van der Waals surface area contributed by atoms with Crippen molar-refractivity contribution in [1.29, 1.82) is 0 Å². The van der Waals surface area contributed by atoms with Gasteiger partial charge in [-0.1, -0.05) is 12.1 Å². The first kappa shape index (κ1) is 17.3. The third-order valence-corrected chi connectivity index (χ3v) is 4.78. The van der Waals surface area contributed by atoms with Crippen LogP contribution in [0.2, 0.25) is 0 Å². The molecule has 1 aromatic heterocycles. The molecule has 3 rings (SSSR count). The van der Waals surface area contributed by atoms with Gasteiger partial charge in [-0.25, -0.2) is 0 Å². The summed E-state index contributed by atoms with van der Waals surface area (Å²) in [5.41, 5.74) is 0.911. The number of benzene rings is 1. The van der Waals surface area contributed by atoms with Crippen LogP contribution in [0, 0.1) is 0 Å². The van der Waals surface area contributed by atoms with Crippen LogP contribution in [-0.4, -0.2) is 31.1 Å². The van der Waals surface area contributed by atoms with Crippen molar-refractivity contribution in [3.63, 3.8) is 0 Å². The van der Waals surface area contributed by atoms with Crippen LogP contribution in [0.15, 0.2) is 35.7 Å². The molecule has 7 heteroatoms. The molecule has 2 N–H and O–H groups in total. The Morgan fingerprint density at radius 2 is 1.84 bits per heavy atom. The molecule has 0 saturated heterocycles. The van der Waals surface area contributed by atoms with Gasteiger partial charge in [0.1, 0.15) is 19.3 Å². The van der Waals surface area contributed by atoms with E-state index in [-0.39, 0.29) is 17.9 Å². The van der Waals surface area contributed by atoms with Crippen LogP contribution in [0.5, 0.6) is 11.5 Å². The van der Waals surface area contributed by atoms with E-state index in [0.717, 1.165) is 5.56 Å². The molecule has 132 valence electrons. The maximum atomic E-state index is 12.3. The standard InChI is InChI=1S/C18H20N2O4S/c1-11(13-5-6-14-15(10-13)24-8-7-23-14)19-17(21)12(2)20-18(22)16-4-3-9-25-16/h3-6,9-12H,7-8H2,1-2H3,(H,19,21)(H,20,22)/t11-,12-/m1/s1. The summed E-state index contributed by atoms with van der Waals surface area (Å²) in [4.78, 5) is 25.0. The number of hydrogen-bond donors (Lipinski definition) is 2. The van der Waals surface area contributed by atoms with Crippen molar-refractivity contribution < 1.29 is 19.1 Å². The lowest BCUT2D eigenvalue weighted by atomic mass is 10.1. The first-order valence-corrected chi connectivity index (χ1v) is 8.97. The smallest absolute Gasteiger partial charge is 0.261 e. The molecule has 1 aromatic carbocycles.